The Hall–Kier alpha value is -2.50. The van der Waals surface area contributed by atoms with Crippen molar-refractivity contribution < 1.29 is 5.11 Å². The van der Waals surface area contributed by atoms with Crippen molar-refractivity contribution in [3.63, 3.8) is 0 Å². The lowest BCUT2D eigenvalue weighted by Crippen LogP contribution is -1.93. The molecule has 0 aliphatic carbocycles. The summed E-state index contributed by atoms with van der Waals surface area (Å²) in [6, 6.07) is 14.2. The standard InChI is InChI=1S/C21H18N2OS2/c1-3-14-5-4-6-17-15(12-22-19(14)17)11-18-20(24)23(21(25)26-18)16-9-7-13(2)8-10-16/h4-12,24H,3H2,1-2H3. The van der Waals surface area contributed by atoms with Crippen molar-refractivity contribution in [2.24, 2.45) is 4.99 Å². The number of hydrogen-bond donors (Lipinski definition) is 1. The maximum absolute atomic E-state index is 10.8. The molecule has 2 heterocycles. The molecule has 0 spiro atoms. The van der Waals surface area contributed by atoms with Gasteiger partial charge in [-0.2, -0.15) is 0 Å². The minimum absolute atomic E-state index is 0.171. The number of nitrogens with zero attached hydrogens (tertiary/aromatic N) is 2. The van der Waals surface area contributed by atoms with Crippen LogP contribution >= 0.6 is 23.6 Å². The Bertz CT molecular complexity index is 1100. The van der Waals surface area contributed by atoms with Gasteiger partial charge in [0.25, 0.3) is 0 Å². The molecule has 5 heteroatoms. The molecule has 0 radical (unpaired) electrons. The molecular weight excluding hydrogens is 360 g/mol. The highest BCUT2D eigenvalue weighted by molar-refractivity contribution is 7.73. The maximum atomic E-state index is 10.8. The number of thiazole rings is 1. The van der Waals surface area contributed by atoms with E-state index in [-0.39, 0.29) is 5.88 Å². The van der Waals surface area contributed by atoms with Crippen molar-refractivity contribution in [2.45, 2.75) is 20.3 Å². The van der Waals surface area contributed by atoms with Crippen LogP contribution < -0.4 is 0 Å². The van der Waals surface area contributed by atoms with Crippen molar-refractivity contribution in [3.05, 3.63) is 68.0 Å². The highest BCUT2D eigenvalue weighted by Crippen LogP contribution is 2.38. The summed E-state index contributed by atoms with van der Waals surface area (Å²) >= 11 is 6.89. The molecule has 1 aliphatic rings. The minimum Gasteiger partial charge on any atom is -0.493 e. The average molecular weight is 379 g/mol. The lowest BCUT2D eigenvalue weighted by molar-refractivity contribution is 0.441. The van der Waals surface area contributed by atoms with Gasteiger partial charge in [-0.1, -0.05) is 42.8 Å². The second-order valence-corrected chi connectivity index (χ2v) is 7.93. The zero-order valence-electron chi connectivity index (χ0n) is 14.6. The van der Waals surface area contributed by atoms with Gasteiger partial charge in [0.05, 0.1) is 16.3 Å². The van der Waals surface area contributed by atoms with Gasteiger partial charge < -0.3 is 5.11 Å². The molecule has 3 nitrogen and oxygen atoms in total. The van der Waals surface area contributed by atoms with Crippen LogP contribution in [0.1, 0.15) is 28.5 Å². The van der Waals surface area contributed by atoms with E-state index in [9.17, 15) is 5.11 Å². The van der Waals surface area contributed by atoms with Gasteiger partial charge in [0, 0.05) is 17.4 Å². The van der Waals surface area contributed by atoms with E-state index < -0.39 is 0 Å². The first kappa shape index (κ1) is 16.9. The minimum atomic E-state index is 0.171. The van der Waals surface area contributed by atoms with E-state index in [4.69, 9.17) is 12.2 Å². The topological polar surface area (TPSA) is 37.5 Å². The number of aliphatic imine (C=N–C) groups is 1. The number of fused-ring (bicyclic) bond motifs is 1. The van der Waals surface area contributed by atoms with Crippen LogP contribution in [0.4, 0.5) is 5.69 Å². The number of allylic oxidation sites excluding steroid dienone is 1. The largest absolute Gasteiger partial charge is 0.493 e. The number of aromatic hydroxyl groups is 1. The summed E-state index contributed by atoms with van der Waals surface area (Å²) in [5.41, 5.74) is 6.40. The molecule has 0 amide bonds. The molecule has 0 saturated heterocycles. The van der Waals surface area contributed by atoms with Crippen molar-refractivity contribution >= 4 is 47.1 Å². The molecule has 3 aromatic rings. The van der Waals surface area contributed by atoms with Crippen LogP contribution in [-0.2, 0) is 6.42 Å². The molecular formula is C21H18N2OS2. The summed E-state index contributed by atoms with van der Waals surface area (Å²) in [7, 11) is 0. The third-order valence-corrected chi connectivity index (χ3v) is 5.85. The van der Waals surface area contributed by atoms with Gasteiger partial charge in [0.2, 0.25) is 5.88 Å². The summed E-state index contributed by atoms with van der Waals surface area (Å²) < 4.78 is 2.33. The summed E-state index contributed by atoms with van der Waals surface area (Å²) in [6.07, 6.45) is 4.78. The van der Waals surface area contributed by atoms with E-state index in [1.807, 2.05) is 43.5 Å². The second-order valence-electron chi connectivity index (χ2n) is 6.25. The third kappa shape index (κ3) is 2.83. The van der Waals surface area contributed by atoms with Gasteiger partial charge >= 0.3 is 0 Å². The van der Waals surface area contributed by atoms with Crippen molar-refractivity contribution in [2.75, 3.05) is 0 Å². The van der Waals surface area contributed by atoms with Gasteiger partial charge in [-0.05, 0) is 49.3 Å². The summed E-state index contributed by atoms with van der Waals surface area (Å²) in [5.74, 6) is 0.171. The molecule has 1 aliphatic heterocycles. The lowest BCUT2D eigenvalue weighted by Gasteiger charge is -2.06. The van der Waals surface area contributed by atoms with E-state index in [1.54, 1.807) is 4.57 Å². The summed E-state index contributed by atoms with van der Waals surface area (Å²) in [6.45, 7) is 4.17. The molecule has 0 bridgehead atoms. The Labute approximate surface area is 161 Å². The Morgan fingerprint density at radius 2 is 1.96 bits per heavy atom. The molecule has 4 rings (SSSR count). The van der Waals surface area contributed by atoms with E-state index in [1.165, 1.54) is 22.5 Å². The fourth-order valence-corrected chi connectivity index (χ4v) is 4.42. The van der Waals surface area contributed by atoms with Gasteiger partial charge in [-0.15, -0.1) is 11.3 Å². The molecule has 0 fully saturated rings. The van der Waals surface area contributed by atoms with Crippen LogP contribution in [0.5, 0.6) is 5.88 Å². The van der Waals surface area contributed by atoms with Crippen LogP contribution in [-0.4, -0.2) is 15.9 Å². The number of para-hydroxylation sites is 1. The SMILES string of the molecule is CCc1cccc2c1N=CC2=Cc1sc(=S)n(-c2ccc(C)cc2)c1O. The number of rotatable bonds is 3. The Kier molecular flexibility index (Phi) is 4.34. The average Bonchev–Trinajstić information content (AvgIpc) is 3.17. The first-order valence-electron chi connectivity index (χ1n) is 8.48. The highest BCUT2D eigenvalue weighted by atomic mass is 32.1. The van der Waals surface area contributed by atoms with Gasteiger partial charge in [-0.25, -0.2) is 0 Å². The molecule has 26 heavy (non-hydrogen) atoms. The van der Waals surface area contributed by atoms with E-state index in [2.05, 4.69) is 30.1 Å². The second kappa shape index (κ2) is 6.67. The quantitative estimate of drug-likeness (QED) is 0.559. The van der Waals surface area contributed by atoms with Crippen LogP contribution in [0, 0.1) is 10.9 Å². The van der Waals surface area contributed by atoms with Gasteiger partial charge in [0.1, 0.15) is 0 Å². The third-order valence-electron chi connectivity index (χ3n) is 4.54. The first-order chi connectivity index (χ1) is 12.6. The van der Waals surface area contributed by atoms with Gasteiger partial charge in [0.15, 0.2) is 3.95 Å². The smallest absolute Gasteiger partial charge is 0.215 e. The molecule has 1 aromatic heterocycles. The number of hydrogen-bond acceptors (Lipinski definition) is 4. The molecule has 0 atom stereocenters. The number of aryl methyl sites for hydroxylation is 2. The summed E-state index contributed by atoms with van der Waals surface area (Å²) in [5, 5.41) is 10.8. The molecule has 1 N–H and O–H groups in total. The van der Waals surface area contributed by atoms with Crippen LogP contribution in [0.2, 0.25) is 0 Å². The van der Waals surface area contributed by atoms with Crippen molar-refractivity contribution in [1.82, 2.24) is 4.57 Å². The zero-order valence-corrected chi connectivity index (χ0v) is 16.2. The van der Waals surface area contributed by atoms with E-state index in [0.29, 0.717) is 3.95 Å². The maximum Gasteiger partial charge on any atom is 0.215 e. The fourth-order valence-electron chi connectivity index (χ4n) is 3.12. The predicted octanol–water partition coefficient (Wildman–Crippen LogP) is 6.10. The lowest BCUT2D eigenvalue weighted by atomic mass is 10.0. The molecule has 0 saturated carbocycles. The number of benzene rings is 2. The monoisotopic (exact) mass is 378 g/mol. The van der Waals surface area contributed by atoms with Crippen LogP contribution in [0.3, 0.4) is 0 Å². The van der Waals surface area contributed by atoms with Gasteiger partial charge in [-0.3, -0.25) is 9.56 Å². The fraction of sp³-hybridized carbons (Fsp3) is 0.143. The van der Waals surface area contributed by atoms with E-state index in [0.717, 1.165) is 33.8 Å². The summed E-state index contributed by atoms with van der Waals surface area (Å²) in [4.78, 5) is 5.31. The molecule has 0 unspecified atom stereocenters. The Morgan fingerprint density at radius 1 is 1.19 bits per heavy atom. The zero-order chi connectivity index (χ0) is 18.3. The van der Waals surface area contributed by atoms with E-state index >= 15 is 0 Å². The Morgan fingerprint density at radius 3 is 2.69 bits per heavy atom. The van der Waals surface area contributed by atoms with Crippen LogP contribution in [0.15, 0.2) is 47.5 Å². The first-order valence-corrected chi connectivity index (χ1v) is 9.71. The number of aromatic nitrogens is 1. The predicted molar refractivity (Wildman–Crippen MR) is 113 cm³/mol. The van der Waals surface area contributed by atoms with Crippen molar-refractivity contribution in [1.29, 1.82) is 0 Å². The molecule has 2 aromatic carbocycles. The van der Waals surface area contributed by atoms with Crippen LogP contribution in [0.25, 0.3) is 17.3 Å². The normalized spacial score (nSPS) is 14.2. The molecule has 130 valence electrons. The highest BCUT2D eigenvalue weighted by Gasteiger charge is 2.17. The van der Waals surface area contributed by atoms with Crippen molar-refractivity contribution in [3.8, 4) is 11.6 Å². The Balaban J connectivity index is 1.80.